The zero-order valence-electron chi connectivity index (χ0n) is 22.6. The summed E-state index contributed by atoms with van der Waals surface area (Å²) in [6, 6.07) is 14.5. The number of carbonyl (C=O) groups excluding carboxylic acids is 2. The molecule has 0 saturated carbocycles. The standard InChI is InChI=1S/C29H40N2O6/c1-21(2)31(28(32)24-14-15-26(35-5)27(19-24)36-18-10-17-34-4)25-13-9-16-30(22(25)3)29(33)37-20-23-11-7-6-8-12-23/h6-8,11-12,14-15,19,21-22,25H,9-10,13,16-18,20H2,1-5H3/t22-,25-/m1/s1. The van der Waals surface area contributed by atoms with Crippen LogP contribution in [0.4, 0.5) is 4.79 Å². The van der Waals surface area contributed by atoms with Crippen molar-refractivity contribution in [2.45, 2.75) is 64.8 Å². The lowest BCUT2D eigenvalue weighted by atomic mass is 9.94. The van der Waals surface area contributed by atoms with E-state index in [0.717, 1.165) is 24.8 Å². The third-order valence-electron chi connectivity index (χ3n) is 6.70. The number of carbonyl (C=O) groups is 2. The first kappa shape index (κ1) is 28.3. The van der Waals surface area contributed by atoms with Gasteiger partial charge in [0.05, 0.1) is 25.8 Å². The predicted octanol–water partition coefficient (Wildman–Crippen LogP) is 5.15. The van der Waals surface area contributed by atoms with Crippen LogP contribution in [0.15, 0.2) is 48.5 Å². The topological polar surface area (TPSA) is 77.5 Å². The number of nitrogens with zero attached hydrogens (tertiary/aromatic N) is 2. The van der Waals surface area contributed by atoms with Crippen molar-refractivity contribution < 1.29 is 28.5 Å². The van der Waals surface area contributed by atoms with Gasteiger partial charge in [0.15, 0.2) is 11.5 Å². The van der Waals surface area contributed by atoms with Crippen molar-refractivity contribution in [1.29, 1.82) is 0 Å². The molecule has 202 valence electrons. The van der Waals surface area contributed by atoms with Gasteiger partial charge >= 0.3 is 6.09 Å². The number of likely N-dealkylation sites (tertiary alicyclic amines) is 1. The molecule has 0 bridgehead atoms. The van der Waals surface area contributed by atoms with E-state index in [2.05, 4.69) is 0 Å². The van der Waals surface area contributed by atoms with Gasteiger partial charge in [-0.3, -0.25) is 4.79 Å². The van der Waals surface area contributed by atoms with Crippen molar-refractivity contribution in [2.24, 2.45) is 0 Å². The summed E-state index contributed by atoms with van der Waals surface area (Å²) in [5, 5.41) is 0. The van der Waals surface area contributed by atoms with Gasteiger partial charge in [-0.05, 0) is 57.4 Å². The average Bonchev–Trinajstić information content (AvgIpc) is 2.91. The predicted molar refractivity (Wildman–Crippen MR) is 142 cm³/mol. The highest BCUT2D eigenvalue weighted by Gasteiger charge is 2.38. The molecule has 1 aliphatic rings. The van der Waals surface area contributed by atoms with Gasteiger partial charge in [-0.15, -0.1) is 0 Å². The van der Waals surface area contributed by atoms with Crippen LogP contribution in [0.25, 0.3) is 0 Å². The Morgan fingerprint density at radius 2 is 1.81 bits per heavy atom. The number of ether oxygens (including phenoxy) is 4. The van der Waals surface area contributed by atoms with Crippen molar-refractivity contribution in [3.8, 4) is 11.5 Å². The molecule has 2 aromatic rings. The van der Waals surface area contributed by atoms with E-state index in [1.165, 1.54) is 0 Å². The smallest absolute Gasteiger partial charge is 0.410 e. The van der Waals surface area contributed by atoms with Gasteiger partial charge in [-0.25, -0.2) is 4.79 Å². The maximum atomic E-state index is 13.8. The van der Waals surface area contributed by atoms with Crippen LogP contribution >= 0.6 is 0 Å². The minimum atomic E-state index is -0.353. The number of hydrogen-bond acceptors (Lipinski definition) is 6. The van der Waals surface area contributed by atoms with Gasteiger partial charge in [0.2, 0.25) is 0 Å². The summed E-state index contributed by atoms with van der Waals surface area (Å²) in [6.07, 6.45) is 1.98. The molecule has 1 heterocycles. The van der Waals surface area contributed by atoms with E-state index in [1.54, 1.807) is 37.3 Å². The highest BCUT2D eigenvalue weighted by atomic mass is 16.6. The summed E-state index contributed by atoms with van der Waals surface area (Å²) < 4.78 is 22.0. The number of methoxy groups -OCH3 is 2. The minimum Gasteiger partial charge on any atom is -0.493 e. The summed E-state index contributed by atoms with van der Waals surface area (Å²) >= 11 is 0. The number of hydrogen-bond donors (Lipinski definition) is 0. The number of rotatable bonds is 11. The van der Waals surface area contributed by atoms with Crippen LogP contribution in [-0.4, -0.2) is 73.9 Å². The van der Waals surface area contributed by atoms with Crippen LogP contribution < -0.4 is 9.47 Å². The molecule has 8 nitrogen and oxygen atoms in total. The van der Waals surface area contributed by atoms with Gasteiger partial charge in [0.25, 0.3) is 5.91 Å². The molecule has 2 atom stereocenters. The minimum absolute atomic E-state index is 0.0617. The van der Waals surface area contributed by atoms with Crippen molar-refractivity contribution in [1.82, 2.24) is 9.80 Å². The molecule has 0 N–H and O–H groups in total. The molecular formula is C29H40N2O6. The second-order valence-electron chi connectivity index (χ2n) is 9.55. The first-order valence-corrected chi connectivity index (χ1v) is 13.0. The van der Waals surface area contributed by atoms with Crippen LogP contribution in [0.3, 0.4) is 0 Å². The molecule has 2 aromatic carbocycles. The quantitative estimate of drug-likeness (QED) is 0.388. The van der Waals surface area contributed by atoms with Crippen molar-refractivity contribution in [3.63, 3.8) is 0 Å². The monoisotopic (exact) mass is 512 g/mol. The van der Waals surface area contributed by atoms with Crippen LogP contribution in [0, 0.1) is 0 Å². The summed E-state index contributed by atoms with van der Waals surface area (Å²) in [7, 11) is 3.23. The molecule has 1 aliphatic heterocycles. The Bertz CT molecular complexity index is 1010. The van der Waals surface area contributed by atoms with Gasteiger partial charge in [0, 0.05) is 38.3 Å². The molecule has 0 spiro atoms. The molecule has 3 rings (SSSR count). The van der Waals surface area contributed by atoms with Crippen LogP contribution in [0.2, 0.25) is 0 Å². The van der Waals surface area contributed by atoms with E-state index in [4.69, 9.17) is 18.9 Å². The Morgan fingerprint density at radius 1 is 1.05 bits per heavy atom. The third-order valence-corrected chi connectivity index (χ3v) is 6.70. The maximum absolute atomic E-state index is 13.8. The molecule has 2 amide bonds. The van der Waals surface area contributed by atoms with Crippen LogP contribution in [-0.2, 0) is 16.1 Å². The van der Waals surface area contributed by atoms with E-state index in [-0.39, 0.29) is 36.7 Å². The summed E-state index contributed by atoms with van der Waals surface area (Å²) in [6.45, 7) is 7.87. The van der Waals surface area contributed by atoms with Gasteiger partial charge in [0.1, 0.15) is 6.61 Å². The molecule has 0 aliphatic carbocycles. The van der Waals surface area contributed by atoms with E-state index in [0.29, 0.717) is 36.8 Å². The van der Waals surface area contributed by atoms with Crippen LogP contribution in [0.5, 0.6) is 11.5 Å². The molecule has 0 unspecified atom stereocenters. The number of amides is 2. The molecule has 1 fully saturated rings. The Kier molecular flexibility index (Phi) is 10.6. The van der Waals surface area contributed by atoms with Gasteiger partial charge < -0.3 is 28.7 Å². The number of piperidine rings is 1. The van der Waals surface area contributed by atoms with Gasteiger partial charge in [-0.2, -0.15) is 0 Å². The fourth-order valence-corrected chi connectivity index (χ4v) is 4.78. The van der Waals surface area contributed by atoms with Gasteiger partial charge in [-0.1, -0.05) is 30.3 Å². The Labute approximate surface area is 220 Å². The normalized spacial score (nSPS) is 17.4. The molecule has 0 radical (unpaired) electrons. The summed E-state index contributed by atoms with van der Waals surface area (Å²) in [5.74, 6) is 0.996. The second kappa shape index (κ2) is 13.9. The zero-order valence-corrected chi connectivity index (χ0v) is 22.6. The summed E-state index contributed by atoms with van der Waals surface area (Å²) in [4.78, 5) is 30.4. The first-order valence-electron chi connectivity index (χ1n) is 13.0. The van der Waals surface area contributed by atoms with Crippen molar-refractivity contribution >= 4 is 12.0 Å². The fourth-order valence-electron chi connectivity index (χ4n) is 4.78. The Hall–Kier alpha value is -3.26. The highest BCUT2D eigenvalue weighted by Crippen LogP contribution is 2.31. The molecule has 0 aromatic heterocycles. The average molecular weight is 513 g/mol. The Morgan fingerprint density at radius 3 is 2.49 bits per heavy atom. The molecule has 37 heavy (non-hydrogen) atoms. The maximum Gasteiger partial charge on any atom is 0.410 e. The van der Waals surface area contributed by atoms with E-state index in [1.807, 2.05) is 56.0 Å². The van der Waals surface area contributed by atoms with Crippen LogP contribution in [0.1, 0.15) is 56.0 Å². The first-order chi connectivity index (χ1) is 17.9. The second-order valence-corrected chi connectivity index (χ2v) is 9.55. The molecule has 1 saturated heterocycles. The highest BCUT2D eigenvalue weighted by molar-refractivity contribution is 5.95. The summed E-state index contributed by atoms with van der Waals surface area (Å²) in [5.41, 5.74) is 1.46. The fraction of sp³-hybridized carbons (Fsp3) is 0.517. The molecule has 8 heteroatoms. The van der Waals surface area contributed by atoms with Crippen molar-refractivity contribution in [2.75, 3.05) is 34.0 Å². The van der Waals surface area contributed by atoms with E-state index < -0.39 is 0 Å². The zero-order chi connectivity index (χ0) is 26.8. The molecular weight excluding hydrogens is 472 g/mol. The van der Waals surface area contributed by atoms with Crippen molar-refractivity contribution in [3.05, 3.63) is 59.7 Å². The number of benzene rings is 2. The lowest BCUT2D eigenvalue weighted by molar-refractivity contribution is 0.0175. The largest absolute Gasteiger partial charge is 0.493 e. The van der Waals surface area contributed by atoms with E-state index >= 15 is 0 Å². The lowest BCUT2D eigenvalue weighted by Gasteiger charge is -2.45. The van der Waals surface area contributed by atoms with E-state index in [9.17, 15) is 9.59 Å². The SMILES string of the molecule is COCCCOc1cc(C(=O)N(C(C)C)[C@@H]2CCCN(C(=O)OCc3ccccc3)[C@@H]2C)ccc1OC. The Balaban J connectivity index is 1.74. The lowest BCUT2D eigenvalue weighted by Crippen LogP contribution is -2.58. The third kappa shape index (κ3) is 7.38.